The molecule has 2 atom stereocenters. The molecule has 3 nitrogen and oxygen atoms in total. The van der Waals surface area contributed by atoms with E-state index in [1.165, 1.54) is 21.6 Å². The van der Waals surface area contributed by atoms with Gasteiger partial charge in [0.05, 0.1) is 4.88 Å². The number of nitrogens with one attached hydrogen (secondary N) is 1. The van der Waals surface area contributed by atoms with E-state index < -0.39 is 0 Å². The first kappa shape index (κ1) is 20.3. The van der Waals surface area contributed by atoms with Crippen LogP contribution in [0.25, 0.3) is 0 Å². The summed E-state index contributed by atoms with van der Waals surface area (Å²) in [5, 5.41) is 7.40. The van der Waals surface area contributed by atoms with Gasteiger partial charge in [-0.1, -0.05) is 53.6 Å². The van der Waals surface area contributed by atoms with Crippen molar-refractivity contribution >= 4 is 22.9 Å². The number of thiophene rings is 1. The number of quaternary nitrogens is 1. The highest BCUT2D eigenvalue weighted by atomic mass is 32.1. The molecule has 2 aromatic carbocycles. The maximum atomic E-state index is 13.0. The molecule has 28 heavy (non-hydrogen) atoms. The maximum Gasteiger partial charge on any atom is 0.282 e. The largest absolute Gasteiger partial charge is 0.326 e. The SMILES string of the molecule is Cc1ccc([C@@H]([NH2+][C@@H](C)C(=O)Nc2c(C)cc(C)cc2C)c2cccs2)cc1. The van der Waals surface area contributed by atoms with Crippen molar-refractivity contribution in [3.05, 3.63) is 86.6 Å². The van der Waals surface area contributed by atoms with Crippen molar-refractivity contribution in [2.75, 3.05) is 5.32 Å². The summed E-state index contributed by atoms with van der Waals surface area (Å²) in [5.41, 5.74) is 6.81. The number of anilines is 1. The first-order chi connectivity index (χ1) is 13.3. The molecule has 0 spiro atoms. The number of hydrogen-bond acceptors (Lipinski definition) is 2. The van der Waals surface area contributed by atoms with Crippen LogP contribution in [-0.2, 0) is 4.79 Å². The average molecular weight is 394 g/mol. The Morgan fingerprint density at radius 3 is 2.18 bits per heavy atom. The molecule has 3 rings (SSSR count). The zero-order valence-corrected chi connectivity index (χ0v) is 18.1. The standard InChI is InChI=1S/C24H28N2OS/c1-15-8-10-20(11-9-15)23(21-7-6-12-28-21)25-19(5)24(27)26-22-17(3)13-16(2)14-18(22)4/h6-14,19,23,25H,1-5H3,(H,26,27)/p+1/t19-,23+/m0/s1. The minimum absolute atomic E-state index is 0.0312. The Balaban J connectivity index is 1.79. The molecule has 0 saturated carbocycles. The number of benzene rings is 2. The Morgan fingerprint density at radius 2 is 1.61 bits per heavy atom. The number of hydrogen-bond donors (Lipinski definition) is 2. The lowest BCUT2D eigenvalue weighted by atomic mass is 10.0. The van der Waals surface area contributed by atoms with Crippen LogP contribution in [0.1, 0.15) is 45.7 Å². The molecular formula is C24H29N2OS+. The van der Waals surface area contributed by atoms with E-state index >= 15 is 0 Å². The van der Waals surface area contributed by atoms with Gasteiger partial charge in [-0.2, -0.15) is 0 Å². The second-order valence-electron chi connectivity index (χ2n) is 7.65. The first-order valence-corrected chi connectivity index (χ1v) is 10.6. The molecule has 3 aromatic rings. The van der Waals surface area contributed by atoms with Crippen LogP contribution in [0.2, 0.25) is 0 Å². The summed E-state index contributed by atoms with van der Waals surface area (Å²) in [5.74, 6) is 0.0312. The fraction of sp³-hybridized carbons (Fsp3) is 0.292. The highest BCUT2D eigenvalue weighted by Gasteiger charge is 2.26. The zero-order chi connectivity index (χ0) is 20.3. The highest BCUT2D eigenvalue weighted by Crippen LogP contribution is 2.24. The number of aryl methyl sites for hydroxylation is 4. The lowest BCUT2D eigenvalue weighted by Gasteiger charge is -2.20. The molecular weight excluding hydrogens is 364 g/mol. The summed E-state index contributed by atoms with van der Waals surface area (Å²) in [6.45, 7) is 10.2. The number of nitrogens with two attached hydrogens (primary N) is 1. The average Bonchev–Trinajstić information content (AvgIpc) is 3.17. The Hall–Kier alpha value is -2.43. The van der Waals surface area contributed by atoms with Crippen molar-refractivity contribution in [2.45, 2.75) is 46.7 Å². The minimum atomic E-state index is -0.214. The van der Waals surface area contributed by atoms with E-state index in [0.717, 1.165) is 16.8 Å². The predicted octanol–water partition coefficient (Wildman–Crippen LogP) is 4.66. The summed E-state index contributed by atoms with van der Waals surface area (Å²) in [6.07, 6.45) is 0. The molecule has 3 N–H and O–H groups in total. The van der Waals surface area contributed by atoms with Crippen LogP contribution >= 0.6 is 11.3 Å². The topological polar surface area (TPSA) is 45.7 Å². The Bertz CT molecular complexity index is 922. The Labute approximate surface area is 171 Å². The molecule has 0 saturated heterocycles. The maximum absolute atomic E-state index is 13.0. The predicted molar refractivity (Wildman–Crippen MR) is 118 cm³/mol. The molecule has 0 fully saturated rings. The number of amides is 1. The molecule has 1 aromatic heterocycles. The van der Waals surface area contributed by atoms with Crippen molar-refractivity contribution in [3.63, 3.8) is 0 Å². The van der Waals surface area contributed by atoms with Gasteiger partial charge in [-0.15, -0.1) is 11.3 Å². The van der Waals surface area contributed by atoms with Crippen LogP contribution in [0, 0.1) is 27.7 Å². The van der Waals surface area contributed by atoms with Crippen molar-refractivity contribution in [3.8, 4) is 0 Å². The van der Waals surface area contributed by atoms with Gasteiger partial charge in [-0.25, -0.2) is 0 Å². The van der Waals surface area contributed by atoms with Crippen molar-refractivity contribution in [2.24, 2.45) is 0 Å². The van der Waals surface area contributed by atoms with E-state index in [0.29, 0.717) is 0 Å². The normalized spacial score (nSPS) is 13.2. The third-order valence-electron chi connectivity index (χ3n) is 5.11. The Kier molecular flexibility index (Phi) is 6.32. The Morgan fingerprint density at radius 1 is 0.964 bits per heavy atom. The van der Waals surface area contributed by atoms with Crippen molar-refractivity contribution in [1.82, 2.24) is 0 Å². The first-order valence-electron chi connectivity index (χ1n) is 9.69. The second kappa shape index (κ2) is 8.72. The lowest BCUT2D eigenvalue weighted by molar-refractivity contribution is -0.703. The molecule has 0 unspecified atom stereocenters. The van der Waals surface area contributed by atoms with Crippen LogP contribution in [0.5, 0.6) is 0 Å². The van der Waals surface area contributed by atoms with Crippen LogP contribution in [0.3, 0.4) is 0 Å². The number of carbonyl (C=O) groups excluding carboxylic acids is 1. The van der Waals surface area contributed by atoms with Crippen LogP contribution in [0.15, 0.2) is 53.9 Å². The monoisotopic (exact) mass is 393 g/mol. The fourth-order valence-electron chi connectivity index (χ4n) is 3.60. The third-order valence-corrected chi connectivity index (χ3v) is 6.06. The molecule has 0 aliphatic carbocycles. The smallest absolute Gasteiger partial charge is 0.282 e. The minimum Gasteiger partial charge on any atom is -0.326 e. The molecule has 1 heterocycles. The molecule has 146 valence electrons. The molecule has 0 aliphatic rings. The summed E-state index contributed by atoms with van der Waals surface area (Å²) in [6, 6.07) is 16.9. The van der Waals surface area contributed by atoms with E-state index in [-0.39, 0.29) is 18.0 Å². The quantitative estimate of drug-likeness (QED) is 0.628. The van der Waals surface area contributed by atoms with Gasteiger partial charge in [0, 0.05) is 11.3 Å². The van der Waals surface area contributed by atoms with Crippen LogP contribution < -0.4 is 10.6 Å². The summed E-state index contributed by atoms with van der Waals surface area (Å²) in [4.78, 5) is 14.2. The van der Waals surface area contributed by atoms with E-state index in [4.69, 9.17) is 0 Å². The lowest BCUT2D eigenvalue weighted by Crippen LogP contribution is -2.92. The van der Waals surface area contributed by atoms with E-state index in [1.807, 2.05) is 20.8 Å². The molecule has 4 heteroatoms. The van der Waals surface area contributed by atoms with Gasteiger partial charge in [0.1, 0.15) is 6.04 Å². The molecule has 0 bridgehead atoms. The van der Waals surface area contributed by atoms with Gasteiger partial charge in [0.2, 0.25) is 0 Å². The summed E-state index contributed by atoms with van der Waals surface area (Å²) < 4.78 is 0. The van der Waals surface area contributed by atoms with E-state index in [2.05, 4.69) is 78.4 Å². The number of carbonyl (C=O) groups is 1. The van der Waals surface area contributed by atoms with Gasteiger partial charge in [-0.05, 0) is 57.2 Å². The van der Waals surface area contributed by atoms with Gasteiger partial charge < -0.3 is 10.6 Å². The van der Waals surface area contributed by atoms with Gasteiger partial charge in [-0.3, -0.25) is 4.79 Å². The van der Waals surface area contributed by atoms with E-state index in [9.17, 15) is 4.79 Å². The highest BCUT2D eigenvalue weighted by molar-refractivity contribution is 7.10. The van der Waals surface area contributed by atoms with Gasteiger partial charge in [0.15, 0.2) is 6.04 Å². The van der Waals surface area contributed by atoms with Crippen LogP contribution in [0.4, 0.5) is 5.69 Å². The fourth-order valence-corrected chi connectivity index (χ4v) is 4.44. The molecule has 0 aliphatic heterocycles. The summed E-state index contributed by atoms with van der Waals surface area (Å²) >= 11 is 1.73. The van der Waals surface area contributed by atoms with Crippen molar-refractivity contribution < 1.29 is 10.1 Å². The van der Waals surface area contributed by atoms with Crippen molar-refractivity contribution in [1.29, 1.82) is 0 Å². The third kappa shape index (κ3) is 4.70. The second-order valence-corrected chi connectivity index (χ2v) is 8.63. The number of rotatable bonds is 6. The summed E-state index contributed by atoms with van der Waals surface area (Å²) in [7, 11) is 0. The van der Waals surface area contributed by atoms with Gasteiger partial charge >= 0.3 is 0 Å². The zero-order valence-electron chi connectivity index (χ0n) is 17.2. The van der Waals surface area contributed by atoms with Gasteiger partial charge in [0.25, 0.3) is 5.91 Å². The van der Waals surface area contributed by atoms with Crippen LogP contribution in [-0.4, -0.2) is 11.9 Å². The molecule has 1 amide bonds. The van der Waals surface area contributed by atoms with E-state index in [1.54, 1.807) is 11.3 Å². The molecule has 0 radical (unpaired) electrons.